The Morgan fingerprint density at radius 1 is 1.14 bits per heavy atom. The third kappa shape index (κ3) is 2.61. The first-order valence-electron chi connectivity index (χ1n) is 7.11. The van der Waals surface area contributed by atoms with E-state index in [1.807, 2.05) is 12.1 Å². The predicted octanol–water partition coefficient (Wildman–Crippen LogP) is 1.06. The number of aromatic amines is 1. The van der Waals surface area contributed by atoms with Gasteiger partial charge in [-0.3, -0.25) is 4.79 Å². The number of nitrogens with one attached hydrogen (secondary N) is 1. The Morgan fingerprint density at radius 3 is 2.18 bits per heavy atom. The Bertz CT molecular complexity index is 635. The van der Waals surface area contributed by atoms with Crippen LogP contribution < -0.4 is 9.47 Å². The van der Waals surface area contributed by atoms with Crippen LogP contribution in [0.5, 0.6) is 11.5 Å². The van der Waals surface area contributed by atoms with Crippen LogP contribution in [0, 0.1) is 0 Å². The molecule has 0 atom stereocenters. The summed E-state index contributed by atoms with van der Waals surface area (Å²) in [5.41, 5.74) is 2.72. The number of benzene rings is 1. The summed E-state index contributed by atoms with van der Waals surface area (Å²) in [6.07, 6.45) is 3.00. The molecule has 1 aromatic heterocycles. The summed E-state index contributed by atoms with van der Waals surface area (Å²) >= 11 is 0. The summed E-state index contributed by atoms with van der Waals surface area (Å²) < 4.78 is 10.7. The highest BCUT2D eigenvalue weighted by Gasteiger charge is 2.22. The van der Waals surface area contributed by atoms with E-state index in [0.29, 0.717) is 18.8 Å². The van der Waals surface area contributed by atoms with Gasteiger partial charge in [0.2, 0.25) is 0 Å². The van der Waals surface area contributed by atoms with Crippen LogP contribution in [0.2, 0.25) is 0 Å². The fraction of sp³-hybridized carbons (Fsp3) is 0.400. The molecule has 1 amide bonds. The highest BCUT2D eigenvalue weighted by Crippen LogP contribution is 2.32. The van der Waals surface area contributed by atoms with E-state index in [2.05, 4.69) is 15.4 Å². The monoisotopic (exact) mass is 302 g/mol. The van der Waals surface area contributed by atoms with Crippen LogP contribution in [0.3, 0.4) is 0 Å². The van der Waals surface area contributed by atoms with E-state index in [1.165, 1.54) is 17.3 Å². The Kier molecular flexibility index (Phi) is 3.95. The highest BCUT2D eigenvalue weighted by atomic mass is 16.5. The van der Waals surface area contributed by atoms with Crippen LogP contribution in [0.4, 0.5) is 0 Å². The normalized spacial score (nSPS) is 14.2. The number of methoxy groups -OCH3 is 2. The molecular formula is C15H18N4O3. The Morgan fingerprint density at radius 2 is 1.73 bits per heavy atom. The van der Waals surface area contributed by atoms with Crippen LogP contribution in [0.1, 0.15) is 21.6 Å². The summed E-state index contributed by atoms with van der Waals surface area (Å²) in [6.45, 7) is 1.29. The molecule has 3 rings (SSSR count). The van der Waals surface area contributed by atoms with Crippen molar-refractivity contribution in [2.75, 3.05) is 27.3 Å². The first-order chi connectivity index (χ1) is 10.7. The standard InChI is InChI=1S/C15H18N4O3/c1-21-13-7-10-3-5-19(15(20)12-9-16-18-17-12)6-4-11(10)8-14(13)22-2/h7-9H,3-6H2,1-2H3,(H,16,17,18). The van der Waals surface area contributed by atoms with Crippen molar-refractivity contribution < 1.29 is 14.3 Å². The molecule has 0 radical (unpaired) electrons. The minimum Gasteiger partial charge on any atom is -0.493 e. The van der Waals surface area contributed by atoms with Gasteiger partial charge in [-0.1, -0.05) is 0 Å². The van der Waals surface area contributed by atoms with Gasteiger partial charge in [0.1, 0.15) is 0 Å². The van der Waals surface area contributed by atoms with Gasteiger partial charge >= 0.3 is 0 Å². The van der Waals surface area contributed by atoms with Gasteiger partial charge in [0.25, 0.3) is 5.91 Å². The fourth-order valence-electron chi connectivity index (χ4n) is 2.72. The molecule has 2 heterocycles. The van der Waals surface area contributed by atoms with E-state index >= 15 is 0 Å². The maximum Gasteiger partial charge on any atom is 0.276 e. The average Bonchev–Trinajstić information content (AvgIpc) is 3.00. The van der Waals surface area contributed by atoms with Gasteiger partial charge in [-0.2, -0.15) is 15.4 Å². The number of H-pyrrole nitrogens is 1. The lowest BCUT2D eigenvalue weighted by atomic mass is 10.0. The van der Waals surface area contributed by atoms with Crippen molar-refractivity contribution in [3.05, 3.63) is 35.2 Å². The molecule has 0 saturated carbocycles. The van der Waals surface area contributed by atoms with E-state index < -0.39 is 0 Å². The van der Waals surface area contributed by atoms with E-state index in [4.69, 9.17) is 9.47 Å². The van der Waals surface area contributed by atoms with Gasteiger partial charge in [-0.05, 0) is 36.1 Å². The largest absolute Gasteiger partial charge is 0.493 e. The number of hydrogen-bond acceptors (Lipinski definition) is 5. The zero-order valence-corrected chi connectivity index (χ0v) is 12.6. The lowest BCUT2D eigenvalue weighted by molar-refractivity contribution is 0.0757. The maximum absolute atomic E-state index is 12.4. The number of hydrogen-bond donors (Lipinski definition) is 1. The van der Waals surface area contributed by atoms with Crippen molar-refractivity contribution in [2.45, 2.75) is 12.8 Å². The summed E-state index contributed by atoms with van der Waals surface area (Å²) in [5.74, 6) is 1.34. The third-order valence-corrected chi connectivity index (χ3v) is 3.93. The number of nitrogens with zero attached hydrogens (tertiary/aromatic N) is 3. The maximum atomic E-state index is 12.4. The van der Waals surface area contributed by atoms with E-state index in [-0.39, 0.29) is 5.91 Å². The molecule has 0 spiro atoms. The summed E-state index contributed by atoms with van der Waals surface area (Å²) in [6, 6.07) is 4.00. The minimum atomic E-state index is -0.0968. The average molecular weight is 302 g/mol. The molecule has 22 heavy (non-hydrogen) atoms. The van der Waals surface area contributed by atoms with Gasteiger partial charge in [-0.25, -0.2) is 0 Å². The third-order valence-electron chi connectivity index (χ3n) is 3.93. The van der Waals surface area contributed by atoms with Gasteiger partial charge in [0.15, 0.2) is 17.2 Å². The van der Waals surface area contributed by atoms with E-state index in [1.54, 1.807) is 19.1 Å². The molecule has 0 unspecified atom stereocenters. The number of carbonyl (C=O) groups is 1. The van der Waals surface area contributed by atoms with Gasteiger partial charge in [-0.15, -0.1) is 0 Å². The lowest BCUT2D eigenvalue weighted by Gasteiger charge is -2.18. The molecule has 7 heteroatoms. The molecule has 0 bridgehead atoms. The topological polar surface area (TPSA) is 80.3 Å². The number of carbonyl (C=O) groups excluding carboxylic acids is 1. The summed E-state index contributed by atoms with van der Waals surface area (Å²) in [7, 11) is 3.25. The van der Waals surface area contributed by atoms with Crippen LogP contribution in [-0.2, 0) is 12.8 Å². The molecular weight excluding hydrogens is 284 g/mol. The van der Waals surface area contributed by atoms with Crippen molar-refractivity contribution in [1.82, 2.24) is 20.3 Å². The number of amides is 1. The highest BCUT2D eigenvalue weighted by molar-refractivity contribution is 5.91. The zero-order chi connectivity index (χ0) is 15.5. The number of rotatable bonds is 3. The second-order valence-electron chi connectivity index (χ2n) is 5.12. The number of ether oxygens (including phenoxy) is 2. The number of aromatic nitrogens is 3. The molecule has 0 saturated heterocycles. The van der Waals surface area contributed by atoms with Crippen LogP contribution in [0.25, 0.3) is 0 Å². The van der Waals surface area contributed by atoms with Gasteiger partial charge < -0.3 is 14.4 Å². The van der Waals surface area contributed by atoms with Crippen LogP contribution in [-0.4, -0.2) is 53.5 Å². The SMILES string of the molecule is COc1cc2c(cc1OC)CCN(C(=O)c1cn[nH]n1)CC2. The quantitative estimate of drug-likeness (QED) is 0.917. The van der Waals surface area contributed by atoms with Crippen molar-refractivity contribution in [2.24, 2.45) is 0 Å². The molecule has 1 N–H and O–H groups in total. The second-order valence-corrected chi connectivity index (χ2v) is 5.12. The van der Waals surface area contributed by atoms with Gasteiger partial charge in [0, 0.05) is 13.1 Å². The van der Waals surface area contributed by atoms with E-state index in [0.717, 1.165) is 24.3 Å². The number of fused-ring (bicyclic) bond motifs is 1. The Balaban J connectivity index is 1.82. The first-order valence-corrected chi connectivity index (χ1v) is 7.11. The molecule has 7 nitrogen and oxygen atoms in total. The van der Waals surface area contributed by atoms with Crippen molar-refractivity contribution in [1.29, 1.82) is 0 Å². The minimum absolute atomic E-state index is 0.0968. The van der Waals surface area contributed by atoms with E-state index in [9.17, 15) is 4.79 Å². The molecule has 116 valence electrons. The molecule has 0 aliphatic carbocycles. The Hall–Kier alpha value is -2.57. The van der Waals surface area contributed by atoms with Crippen LogP contribution in [0.15, 0.2) is 18.3 Å². The zero-order valence-electron chi connectivity index (χ0n) is 12.6. The lowest BCUT2D eigenvalue weighted by Crippen LogP contribution is -2.33. The van der Waals surface area contributed by atoms with Crippen molar-refractivity contribution in [3.8, 4) is 11.5 Å². The predicted molar refractivity (Wildman–Crippen MR) is 79.2 cm³/mol. The summed E-state index contributed by atoms with van der Waals surface area (Å²) in [5, 5.41) is 10.0. The molecule has 0 fully saturated rings. The van der Waals surface area contributed by atoms with Gasteiger partial charge in [0.05, 0.1) is 20.4 Å². The molecule has 1 aliphatic heterocycles. The fourth-order valence-corrected chi connectivity index (χ4v) is 2.72. The summed E-state index contributed by atoms with van der Waals surface area (Å²) in [4.78, 5) is 14.2. The smallest absolute Gasteiger partial charge is 0.276 e. The van der Waals surface area contributed by atoms with Crippen LogP contribution >= 0.6 is 0 Å². The molecule has 1 aliphatic rings. The first kappa shape index (κ1) is 14.4. The Labute approximate surface area is 128 Å². The van der Waals surface area contributed by atoms with Crippen molar-refractivity contribution in [3.63, 3.8) is 0 Å². The molecule has 1 aromatic carbocycles. The van der Waals surface area contributed by atoms with Crippen molar-refractivity contribution >= 4 is 5.91 Å². The second kappa shape index (κ2) is 6.05. The molecule has 2 aromatic rings.